The van der Waals surface area contributed by atoms with E-state index in [4.69, 9.17) is 9.47 Å². The number of carbonyl (C=O) groups is 1. The molecule has 20 heavy (non-hydrogen) atoms. The molecule has 0 unspecified atom stereocenters. The van der Waals surface area contributed by atoms with Crippen molar-refractivity contribution in [3.8, 4) is 11.5 Å². The first-order valence-corrected chi connectivity index (χ1v) is 7.04. The Morgan fingerprint density at radius 2 is 1.90 bits per heavy atom. The maximum atomic E-state index is 12.4. The normalized spacial score (nSPS) is 14.6. The van der Waals surface area contributed by atoms with Gasteiger partial charge in [0.2, 0.25) is 0 Å². The zero-order valence-corrected chi connectivity index (χ0v) is 12.3. The van der Waals surface area contributed by atoms with Gasteiger partial charge in [-0.05, 0) is 32.0 Å². The Balaban J connectivity index is 2.18. The molecule has 1 amide bonds. The van der Waals surface area contributed by atoms with Crippen molar-refractivity contribution in [3.63, 3.8) is 0 Å². The Morgan fingerprint density at radius 3 is 2.45 bits per heavy atom. The fraction of sp³-hybridized carbons (Fsp3) is 0.533. The third-order valence-corrected chi connectivity index (χ3v) is 3.42. The van der Waals surface area contributed by atoms with E-state index in [1.807, 2.05) is 20.9 Å². The lowest BCUT2D eigenvalue weighted by molar-refractivity contribution is 0.0680. The standard InChI is InChI=1S/C15H22N2O3/c1-4-19-13-7-6-11(8-14(13)20-5-2)15(18)17(3)12-9-16-10-12/h6-8,12,16H,4-5,9-10H2,1-3H3. The van der Waals surface area contributed by atoms with Crippen LogP contribution in [0.5, 0.6) is 11.5 Å². The van der Waals surface area contributed by atoms with Crippen LogP contribution in [0.4, 0.5) is 0 Å². The predicted molar refractivity (Wildman–Crippen MR) is 77.5 cm³/mol. The lowest BCUT2D eigenvalue weighted by Crippen LogP contribution is -2.57. The molecule has 1 aliphatic rings. The van der Waals surface area contributed by atoms with Crippen LogP contribution in [0.1, 0.15) is 24.2 Å². The van der Waals surface area contributed by atoms with Crippen molar-refractivity contribution in [1.29, 1.82) is 0 Å². The number of carbonyl (C=O) groups excluding carboxylic acids is 1. The van der Waals surface area contributed by atoms with Crippen molar-refractivity contribution in [2.45, 2.75) is 19.9 Å². The summed E-state index contributed by atoms with van der Waals surface area (Å²) in [5, 5.41) is 3.17. The fourth-order valence-electron chi connectivity index (χ4n) is 2.10. The van der Waals surface area contributed by atoms with Crippen molar-refractivity contribution >= 4 is 5.91 Å². The molecule has 1 fully saturated rings. The Kier molecular flexibility index (Phi) is 4.84. The number of ether oxygens (including phenoxy) is 2. The van der Waals surface area contributed by atoms with Gasteiger partial charge in [-0.25, -0.2) is 0 Å². The Hall–Kier alpha value is -1.75. The molecule has 2 rings (SSSR count). The maximum absolute atomic E-state index is 12.4. The van der Waals surface area contributed by atoms with Gasteiger partial charge in [0.1, 0.15) is 0 Å². The van der Waals surface area contributed by atoms with E-state index in [-0.39, 0.29) is 11.9 Å². The molecule has 0 aliphatic carbocycles. The quantitative estimate of drug-likeness (QED) is 0.857. The average molecular weight is 278 g/mol. The van der Waals surface area contributed by atoms with Gasteiger partial charge >= 0.3 is 0 Å². The highest BCUT2D eigenvalue weighted by Crippen LogP contribution is 2.29. The van der Waals surface area contributed by atoms with E-state index in [1.54, 1.807) is 23.1 Å². The largest absolute Gasteiger partial charge is 0.490 e. The van der Waals surface area contributed by atoms with Crippen LogP contribution in [0.15, 0.2) is 18.2 Å². The first-order chi connectivity index (χ1) is 9.67. The van der Waals surface area contributed by atoms with Crippen molar-refractivity contribution in [3.05, 3.63) is 23.8 Å². The van der Waals surface area contributed by atoms with Gasteiger partial charge in [-0.15, -0.1) is 0 Å². The molecule has 5 heteroatoms. The first kappa shape index (κ1) is 14.7. The molecule has 1 aliphatic heterocycles. The number of rotatable bonds is 6. The minimum Gasteiger partial charge on any atom is -0.490 e. The van der Waals surface area contributed by atoms with Gasteiger partial charge in [-0.3, -0.25) is 4.79 Å². The second kappa shape index (κ2) is 6.61. The molecule has 5 nitrogen and oxygen atoms in total. The number of hydrogen-bond acceptors (Lipinski definition) is 4. The van der Waals surface area contributed by atoms with E-state index < -0.39 is 0 Å². The monoisotopic (exact) mass is 278 g/mol. The number of nitrogens with zero attached hydrogens (tertiary/aromatic N) is 1. The van der Waals surface area contributed by atoms with Crippen LogP contribution in [0, 0.1) is 0 Å². The van der Waals surface area contributed by atoms with E-state index in [0.29, 0.717) is 30.3 Å². The lowest BCUT2D eigenvalue weighted by Gasteiger charge is -2.35. The molecule has 110 valence electrons. The van der Waals surface area contributed by atoms with Gasteiger partial charge in [-0.2, -0.15) is 0 Å². The topological polar surface area (TPSA) is 50.8 Å². The van der Waals surface area contributed by atoms with Crippen molar-refractivity contribution in [2.75, 3.05) is 33.4 Å². The van der Waals surface area contributed by atoms with Gasteiger partial charge in [-0.1, -0.05) is 0 Å². The minimum absolute atomic E-state index is 0.0144. The van der Waals surface area contributed by atoms with Crippen LogP contribution < -0.4 is 14.8 Å². The maximum Gasteiger partial charge on any atom is 0.254 e. The summed E-state index contributed by atoms with van der Waals surface area (Å²) in [7, 11) is 1.84. The third kappa shape index (κ3) is 3.04. The zero-order chi connectivity index (χ0) is 14.5. The zero-order valence-electron chi connectivity index (χ0n) is 12.3. The van der Waals surface area contributed by atoms with Crippen molar-refractivity contribution in [2.24, 2.45) is 0 Å². The van der Waals surface area contributed by atoms with E-state index in [9.17, 15) is 4.79 Å². The summed E-state index contributed by atoms with van der Waals surface area (Å²) in [5.41, 5.74) is 0.631. The number of amides is 1. The predicted octanol–water partition coefficient (Wildman–Crippen LogP) is 1.53. The highest BCUT2D eigenvalue weighted by Gasteiger charge is 2.26. The van der Waals surface area contributed by atoms with Crippen LogP contribution in [0.25, 0.3) is 0 Å². The van der Waals surface area contributed by atoms with Gasteiger partial charge in [0.25, 0.3) is 5.91 Å². The molecule has 1 aromatic carbocycles. The highest BCUT2D eigenvalue weighted by atomic mass is 16.5. The molecule has 0 saturated carbocycles. The first-order valence-electron chi connectivity index (χ1n) is 7.04. The van der Waals surface area contributed by atoms with Crippen LogP contribution in [0.3, 0.4) is 0 Å². The van der Waals surface area contributed by atoms with Gasteiger partial charge in [0.05, 0.1) is 19.3 Å². The van der Waals surface area contributed by atoms with E-state index in [1.165, 1.54) is 0 Å². The molecule has 0 radical (unpaired) electrons. The Morgan fingerprint density at radius 1 is 1.25 bits per heavy atom. The fourth-order valence-corrected chi connectivity index (χ4v) is 2.10. The van der Waals surface area contributed by atoms with Crippen LogP contribution >= 0.6 is 0 Å². The van der Waals surface area contributed by atoms with Crippen LogP contribution in [-0.2, 0) is 0 Å². The number of likely N-dealkylation sites (N-methyl/N-ethyl adjacent to an activating group) is 1. The van der Waals surface area contributed by atoms with Gasteiger partial charge < -0.3 is 19.7 Å². The average Bonchev–Trinajstić information content (AvgIpc) is 2.38. The molecular weight excluding hydrogens is 256 g/mol. The molecule has 1 N–H and O–H groups in total. The van der Waals surface area contributed by atoms with Crippen molar-refractivity contribution < 1.29 is 14.3 Å². The molecule has 1 heterocycles. The van der Waals surface area contributed by atoms with E-state index >= 15 is 0 Å². The summed E-state index contributed by atoms with van der Waals surface area (Å²) < 4.78 is 11.1. The molecule has 1 saturated heterocycles. The third-order valence-electron chi connectivity index (χ3n) is 3.42. The smallest absolute Gasteiger partial charge is 0.254 e. The molecule has 0 atom stereocenters. The Bertz CT molecular complexity index is 472. The minimum atomic E-state index is 0.0144. The van der Waals surface area contributed by atoms with Gasteiger partial charge in [0.15, 0.2) is 11.5 Å². The SMILES string of the molecule is CCOc1ccc(C(=O)N(C)C2CNC2)cc1OCC. The molecule has 1 aromatic rings. The van der Waals surface area contributed by atoms with E-state index in [0.717, 1.165) is 13.1 Å². The van der Waals surface area contributed by atoms with E-state index in [2.05, 4.69) is 5.32 Å². The van der Waals surface area contributed by atoms with Crippen molar-refractivity contribution in [1.82, 2.24) is 10.2 Å². The summed E-state index contributed by atoms with van der Waals surface area (Å²) >= 11 is 0. The van der Waals surface area contributed by atoms with Gasteiger partial charge in [0, 0.05) is 25.7 Å². The summed E-state index contributed by atoms with van der Waals surface area (Å²) in [5.74, 6) is 1.32. The summed E-state index contributed by atoms with van der Waals surface area (Å²) in [6.45, 7) is 6.67. The summed E-state index contributed by atoms with van der Waals surface area (Å²) in [6, 6.07) is 5.64. The number of benzene rings is 1. The summed E-state index contributed by atoms with van der Waals surface area (Å²) in [4.78, 5) is 14.2. The molecule has 0 aromatic heterocycles. The molecule has 0 spiro atoms. The number of hydrogen-bond donors (Lipinski definition) is 1. The molecule has 0 bridgehead atoms. The number of nitrogens with one attached hydrogen (secondary N) is 1. The highest BCUT2D eigenvalue weighted by molar-refractivity contribution is 5.95. The Labute approximate surface area is 119 Å². The molecular formula is C15H22N2O3. The van der Waals surface area contributed by atoms with Crippen LogP contribution in [0.2, 0.25) is 0 Å². The lowest BCUT2D eigenvalue weighted by atomic mass is 10.1. The second-order valence-corrected chi connectivity index (χ2v) is 4.76. The summed E-state index contributed by atoms with van der Waals surface area (Å²) in [6.07, 6.45) is 0. The second-order valence-electron chi connectivity index (χ2n) is 4.76. The van der Waals surface area contributed by atoms with Crippen LogP contribution in [-0.4, -0.2) is 50.2 Å².